The Hall–Kier alpha value is -1.71. The number of aryl methyl sites for hydroxylation is 1. The fraction of sp³-hybridized carbons (Fsp3) is 0.333. The molecule has 84 valence electrons. The summed E-state index contributed by atoms with van der Waals surface area (Å²) in [6, 6.07) is 4.04. The molecule has 0 bridgehead atoms. The number of aliphatic carboxylic acids is 1. The van der Waals surface area contributed by atoms with Gasteiger partial charge in [-0.1, -0.05) is 6.07 Å². The summed E-state index contributed by atoms with van der Waals surface area (Å²) in [5, 5.41) is 9.20. The Kier molecular flexibility index (Phi) is 2.30. The molecule has 1 saturated carbocycles. The largest absolute Gasteiger partial charge is 0.481 e. The molecule has 0 atom stereocenters. The summed E-state index contributed by atoms with van der Waals surface area (Å²) >= 11 is 0. The molecule has 0 saturated heterocycles. The maximum atomic E-state index is 13.1. The third kappa shape index (κ3) is 1.41. The van der Waals surface area contributed by atoms with Crippen LogP contribution in [-0.4, -0.2) is 16.9 Å². The van der Waals surface area contributed by atoms with E-state index in [-0.39, 0.29) is 18.6 Å². The van der Waals surface area contributed by atoms with E-state index in [1.54, 1.807) is 6.92 Å². The predicted octanol–water partition coefficient (Wildman–Crippen LogP) is 1.82. The Morgan fingerprint density at radius 1 is 1.44 bits per heavy atom. The van der Waals surface area contributed by atoms with Crippen molar-refractivity contribution in [2.24, 2.45) is 0 Å². The van der Waals surface area contributed by atoms with Gasteiger partial charge in [0.15, 0.2) is 0 Å². The Labute approximate surface area is 91.9 Å². The second-order valence-corrected chi connectivity index (χ2v) is 4.24. The number of hydrogen-bond donors (Lipinski definition) is 1. The van der Waals surface area contributed by atoms with Gasteiger partial charge >= 0.3 is 5.97 Å². The van der Waals surface area contributed by atoms with Crippen LogP contribution in [0.4, 0.5) is 4.39 Å². The van der Waals surface area contributed by atoms with E-state index in [1.165, 1.54) is 18.2 Å². The van der Waals surface area contributed by atoms with Crippen LogP contribution >= 0.6 is 0 Å². The number of ketones is 1. The van der Waals surface area contributed by atoms with Gasteiger partial charge in [-0.25, -0.2) is 4.39 Å². The predicted molar refractivity (Wildman–Crippen MR) is 54.7 cm³/mol. The first-order valence-electron chi connectivity index (χ1n) is 4.97. The third-order valence-corrected chi connectivity index (χ3v) is 3.12. The van der Waals surface area contributed by atoms with Gasteiger partial charge in [-0.3, -0.25) is 9.59 Å². The minimum Gasteiger partial charge on any atom is -0.481 e. The summed E-state index contributed by atoms with van der Waals surface area (Å²) < 4.78 is 13.1. The molecule has 0 aromatic heterocycles. The molecule has 16 heavy (non-hydrogen) atoms. The van der Waals surface area contributed by atoms with Gasteiger partial charge < -0.3 is 5.11 Å². The smallest absolute Gasteiger partial charge is 0.315 e. The van der Waals surface area contributed by atoms with Crippen molar-refractivity contribution >= 4 is 11.8 Å². The van der Waals surface area contributed by atoms with Crippen molar-refractivity contribution in [3.8, 4) is 0 Å². The monoisotopic (exact) mass is 222 g/mol. The van der Waals surface area contributed by atoms with Crippen molar-refractivity contribution in [1.82, 2.24) is 0 Å². The highest BCUT2D eigenvalue weighted by Gasteiger charge is 2.52. The number of halogens is 1. The molecule has 0 radical (unpaired) electrons. The molecule has 1 aromatic carbocycles. The molecule has 1 N–H and O–H groups in total. The SMILES string of the molecule is Cc1ccc(F)cc1C1(C(=O)O)CC(=O)C1. The van der Waals surface area contributed by atoms with E-state index >= 15 is 0 Å². The van der Waals surface area contributed by atoms with Crippen molar-refractivity contribution in [3.05, 3.63) is 35.1 Å². The van der Waals surface area contributed by atoms with Gasteiger partial charge in [0.25, 0.3) is 0 Å². The Morgan fingerprint density at radius 2 is 2.06 bits per heavy atom. The number of carboxylic acid groups (broad SMARTS) is 1. The minimum absolute atomic E-state index is 0.0351. The number of rotatable bonds is 2. The Morgan fingerprint density at radius 3 is 2.56 bits per heavy atom. The normalized spacial score (nSPS) is 18.0. The van der Waals surface area contributed by atoms with Gasteiger partial charge in [-0.2, -0.15) is 0 Å². The minimum atomic E-state index is -1.21. The molecule has 1 aromatic rings. The molecular formula is C12H11FO3. The molecule has 3 nitrogen and oxygen atoms in total. The summed E-state index contributed by atoms with van der Waals surface area (Å²) in [6.07, 6.45) is -0.0702. The number of carbonyl (C=O) groups is 2. The third-order valence-electron chi connectivity index (χ3n) is 3.12. The number of carbonyl (C=O) groups excluding carboxylic acids is 1. The van der Waals surface area contributed by atoms with Gasteiger partial charge in [-0.05, 0) is 30.2 Å². The molecule has 0 spiro atoms. The van der Waals surface area contributed by atoms with Crippen LogP contribution in [0, 0.1) is 12.7 Å². The molecular weight excluding hydrogens is 211 g/mol. The highest BCUT2D eigenvalue weighted by molar-refractivity contribution is 6.01. The van der Waals surface area contributed by atoms with Crippen LogP contribution in [0.15, 0.2) is 18.2 Å². The van der Waals surface area contributed by atoms with E-state index in [0.717, 1.165) is 0 Å². The summed E-state index contributed by atoms with van der Waals surface area (Å²) in [7, 11) is 0. The Bertz CT molecular complexity index is 471. The summed E-state index contributed by atoms with van der Waals surface area (Å²) in [6.45, 7) is 1.72. The van der Waals surface area contributed by atoms with E-state index in [2.05, 4.69) is 0 Å². The lowest BCUT2D eigenvalue weighted by Gasteiger charge is -2.37. The van der Waals surface area contributed by atoms with Gasteiger partial charge in [0.05, 0.1) is 0 Å². The molecule has 4 heteroatoms. The van der Waals surface area contributed by atoms with Gasteiger partial charge in [0.1, 0.15) is 17.0 Å². The fourth-order valence-electron chi connectivity index (χ4n) is 2.19. The first-order valence-corrected chi connectivity index (χ1v) is 4.97. The van der Waals surface area contributed by atoms with Crippen molar-refractivity contribution < 1.29 is 19.1 Å². The zero-order valence-corrected chi connectivity index (χ0v) is 8.79. The summed E-state index contributed by atoms with van der Waals surface area (Å²) in [5.74, 6) is -1.62. The zero-order chi connectivity index (χ0) is 11.9. The fourth-order valence-corrected chi connectivity index (χ4v) is 2.19. The van der Waals surface area contributed by atoms with Gasteiger partial charge in [0.2, 0.25) is 0 Å². The molecule has 1 aliphatic carbocycles. The van der Waals surface area contributed by atoms with E-state index < -0.39 is 17.2 Å². The average Bonchev–Trinajstić information content (AvgIpc) is 2.16. The van der Waals surface area contributed by atoms with E-state index in [1.807, 2.05) is 0 Å². The molecule has 0 unspecified atom stereocenters. The van der Waals surface area contributed by atoms with E-state index in [4.69, 9.17) is 0 Å². The molecule has 1 aliphatic rings. The number of hydrogen-bond acceptors (Lipinski definition) is 2. The topological polar surface area (TPSA) is 54.4 Å². The molecule has 2 rings (SSSR count). The van der Waals surface area contributed by atoms with Crippen LogP contribution in [0.1, 0.15) is 24.0 Å². The highest BCUT2D eigenvalue weighted by atomic mass is 19.1. The summed E-state index contributed by atoms with van der Waals surface area (Å²) in [5.41, 5.74) is -0.0839. The average molecular weight is 222 g/mol. The maximum absolute atomic E-state index is 13.1. The quantitative estimate of drug-likeness (QED) is 0.830. The van der Waals surface area contributed by atoms with Crippen LogP contribution in [0.25, 0.3) is 0 Å². The first kappa shape index (κ1) is 10.8. The molecule has 0 amide bonds. The van der Waals surface area contributed by atoms with Crippen LogP contribution in [-0.2, 0) is 15.0 Å². The van der Waals surface area contributed by atoms with Gasteiger partial charge in [0, 0.05) is 12.8 Å². The molecule has 0 heterocycles. The van der Waals surface area contributed by atoms with Crippen LogP contribution in [0.2, 0.25) is 0 Å². The van der Waals surface area contributed by atoms with Crippen LogP contribution < -0.4 is 0 Å². The lowest BCUT2D eigenvalue weighted by Crippen LogP contribution is -2.48. The second kappa shape index (κ2) is 3.40. The van der Waals surface area contributed by atoms with E-state index in [0.29, 0.717) is 11.1 Å². The van der Waals surface area contributed by atoms with Crippen LogP contribution in [0.3, 0.4) is 0 Å². The zero-order valence-electron chi connectivity index (χ0n) is 8.79. The van der Waals surface area contributed by atoms with Crippen LogP contribution in [0.5, 0.6) is 0 Å². The van der Waals surface area contributed by atoms with Crippen molar-refractivity contribution in [1.29, 1.82) is 0 Å². The standard InChI is InChI=1S/C12H11FO3/c1-7-2-3-8(13)4-10(7)12(11(15)16)5-9(14)6-12/h2-4H,5-6H2,1H3,(H,15,16). The van der Waals surface area contributed by atoms with Crippen molar-refractivity contribution in [2.75, 3.05) is 0 Å². The van der Waals surface area contributed by atoms with E-state index in [9.17, 15) is 19.1 Å². The second-order valence-electron chi connectivity index (χ2n) is 4.24. The van der Waals surface area contributed by atoms with Crippen molar-refractivity contribution in [2.45, 2.75) is 25.2 Å². The lowest BCUT2D eigenvalue weighted by atomic mass is 9.62. The van der Waals surface area contributed by atoms with Crippen molar-refractivity contribution in [3.63, 3.8) is 0 Å². The molecule has 0 aliphatic heterocycles. The van der Waals surface area contributed by atoms with Gasteiger partial charge in [-0.15, -0.1) is 0 Å². The maximum Gasteiger partial charge on any atom is 0.315 e. The lowest BCUT2D eigenvalue weighted by molar-refractivity contribution is -0.153. The number of Topliss-reactive ketones (excluding diaryl/α,β-unsaturated/α-hetero) is 1. The highest BCUT2D eigenvalue weighted by Crippen LogP contribution is 2.43. The number of benzene rings is 1. The Balaban J connectivity index is 2.52. The molecule has 1 fully saturated rings. The summed E-state index contributed by atoms with van der Waals surface area (Å²) in [4.78, 5) is 22.3. The first-order chi connectivity index (χ1) is 7.45. The number of carboxylic acids is 1.